The predicted octanol–water partition coefficient (Wildman–Crippen LogP) is 6.21. The van der Waals surface area contributed by atoms with Gasteiger partial charge in [-0.25, -0.2) is 10.0 Å². The molecule has 0 radical (unpaired) electrons. The average molecular weight is 507 g/mol. The molecule has 4 rings (SSSR count). The van der Waals surface area contributed by atoms with Gasteiger partial charge in [-0.2, -0.15) is 13.2 Å². The van der Waals surface area contributed by atoms with E-state index < -0.39 is 23.3 Å². The molecule has 4 aromatic rings. The highest BCUT2D eigenvalue weighted by Crippen LogP contribution is 2.37. The normalized spacial score (nSPS) is 12.8. The van der Waals surface area contributed by atoms with Gasteiger partial charge < -0.3 is 10.6 Å². The maximum atomic E-state index is 13.7. The van der Waals surface area contributed by atoms with E-state index >= 15 is 0 Å². The lowest BCUT2D eigenvalue weighted by Gasteiger charge is -2.35. The average Bonchev–Trinajstić information content (AvgIpc) is 2.89. The molecule has 37 heavy (non-hydrogen) atoms. The van der Waals surface area contributed by atoms with Crippen molar-refractivity contribution in [1.29, 1.82) is 0 Å². The van der Waals surface area contributed by atoms with Crippen LogP contribution in [0.15, 0.2) is 103 Å². The fourth-order valence-corrected chi connectivity index (χ4v) is 4.03. The monoisotopic (exact) mass is 507 g/mol. The molecule has 3 aromatic carbocycles. The highest BCUT2D eigenvalue weighted by Gasteiger charge is 2.40. The topological polar surface area (TPSA) is 94.3 Å². The van der Waals surface area contributed by atoms with Crippen LogP contribution in [-0.2, 0) is 18.1 Å². The van der Waals surface area contributed by atoms with Crippen LogP contribution >= 0.6 is 0 Å². The minimum atomic E-state index is -4.59. The Balaban J connectivity index is 1.81. The van der Waals surface area contributed by atoms with E-state index in [1.54, 1.807) is 30.3 Å². The number of aromatic nitrogens is 1. The lowest BCUT2D eigenvalue weighted by Crippen LogP contribution is -2.50. The van der Waals surface area contributed by atoms with Crippen molar-refractivity contribution in [1.82, 2.24) is 10.3 Å². The highest BCUT2D eigenvalue weighted by molar-refractivity contribution is 5.90. The van der Waals surface area contributed by atoms with Crippen LogP contribution in [0.4, 0.5) is 29.3 Å². The standard InChI is InChI=1S/C27H21F3N4O3/c28-27(29,30)21-10-6-9-20(17-21)26(24-11-4-5-16-31-24,18-19-7-2-1-3-8-19)33-25(35)32-22-12-14-23(15-13-22)34(36)37/h1-17H,18H2,(H2-,32,33,35,36,37)/p+1. The Hall–Kier alpha value is -4.73. The summed E-state index contributed by atoms with van der Waals surface area (Å²) in [6, 6.07) is 23.5. The van der Waals surface area contributed by atoms with Crippen LogP contribution in [0.25, 0.3) is 0 Å². The predicted molar refractivity (Wildman–Crippen MR) is 130 cm³/mol. The summed E-state index contributed by atoms with van der Waals surface area (Å²) in [5, 5.41) is 14.5. The third-order valence-electron chi connectivity index (χ3n) is 5.77. The van der Waals surface area contributed by atoms with Gasteiger partial charge in [-0.05, 0) is 47.5 Å². The van der Waals surface area contributed by atoms with E-state index in [2.05, 4.69) is 15.6 Å². The number of rotatable bonds is 7. The minimum Gasteiger partial charge on any atom is -0.322 e. The van der Waals surface area contributed by atoms with E-state index in [-0.39, 0.29) is 22.6 Å². The number of pyridine rings is 1. The van der Waals surface area contributed by atoms with Crippen LogP contribution in [0, 0.1) is 4.91 Å². The molecule has 188 valence electrons. The molecular weight excluding hydrogens is 485 g/mol. The third-order valence-corrected chi connectivity index (χ3v) is 5.77. The smallest absolute Gasteiger partial charge is 0.322 e. The van der Waals surface area contributed by atoms with Crippen molar-refractivity contribution < 1.29 is 28.1 Å². The lowest BCUT2D eigenvalue weighted by molar-refractivity contribution is -0.729. The number of alkyl halides is 3. The number of hydrogen-bond donors (Lipinski definition) is 3. The van der Waals surface area contributed by atoms with Crippen molar-refractivity contribution in [3.63, 3.8) is 0 Å². The van der Waals surface area contributed by atoms with Gasteiger partial charge in [0.05, 0.1) is 16.2 Å². The third kappa shape index (κ3) is 5.92. The maximum Gasteiger partial charge on any atom is 0.416 e. The van der Waals surface area contributed by atoms with Gasteiger partial charge in [-0.3, -0.25) is 4.98 Å². The number of anilines is 1. The van der Waals surface area contributed by atoms with Crippen molar-refractivity contribution in [2.24, 2.45) is 0 Å². The van der Waals surface area contributed by atoms with Crippen LogP contribution in [0.1, 0.15) is 22.4 Å². The van der Waals surface area contributed by atoms with E-state index in [1.807, 2.05) is 18.2 Å². The summed E-state index contributed by atoms with van der Waals surface area (Å²) in [6.45, 7) is 0. The molecule has 1 heterocycles. The van der Waals surface area contributed by atoms with E-state index in [9.17, 15) is 22.9 Å². The van der Waals surface area contributed by atoms with Crippen LogP contribution < -0.4 is 10.6 Å². The molecule has 0 bridgehead atoms. The molecule has 0 saturated heterocycles. The second kappa shape index (κ2) is 10.5. The Morgan fingerprint density at radius 2 is 1.54 bits per heavy atom. The molecule has 1 atom stereocenters. The molecule has 0 aliphatic rings. The number of carbonyl (C=O) groups is 1. The number of nitrogens with zero attached hydrogens (tertiary/aromatic N) is 2. The Labute approximate surface area is 210 Å². The number of urea groups is 1. The first-order valence-electron chi connectivity index (χ1n) is 11.2. The molecule has 1 aromatic heterocycles. The molecule has 2 amide bonds. The molecule has 0 fully saturated rings. The molecule has 10 heteroatoms. The first-order chi connectivity index (χ1) is 17.7. The van der Waals surface area contributed by atoms with Crippen LogP contribution in [-0.4, -0.2) is 21.1 Å². The second-order valence-electron chi connectivity index (χ2n) is 8.26. The van der Waals surface area contributed by atoms with Crippen molar-refractivity contribution in [2.75, 3.05) is 5.32 Å². The summed E-state index contributed by atoms with van der Waals surface area (Å²) in [5.74, 6) is 0. The second-order valence-corrected chi connectivity index (χ2v) is 8.26. The molecule has 7 nitrogen and oxygen atoms in total. The number of hydrogen-bond acceptors (Lipinski definition) is 3. The molecule has 0 saturated carbocycles. The van der Waals surface area contributed by atoms with Gasteiger partial charge >= 0.3 is 17.9 Å². The Bertz CT molecular complexity index is 1380. The van der Waals surface area contributed by atoms with Gasteiger partial charge in [-0.1, -0.05) is 48.5 Å². The Morgan fingerprint density at radius 3 is 2.16 bits per heavy atom. The van der Waals surface area contributed by atoms with E-state index in [4.69, 9.17) is 5.21 Å². The summed E-state index contributed by atoms with van der Waals surface area (Å²) >= 11 is 0. The molecule has 1 unspecified atom stereocenters. The van der Waals surface area contributed by atoms with Crippen molar-refractivity contribution in [2.45, 2.75) is 18.1 Å². The zero-order valence-electron chi connectivity index (χ0n) is 19.3. The number of benzene rings is 3. The van der Waals surface area contributed by atoms with Crippen LogP contribution in [0.2, 0.25) is 0 Å². The summed E-state index contributed by atoms with van der Waals surface area (Å²) in [6.07, 6.45) is -2.98. The van der Waals surface area contributed by atoms with Gasteiger partial charge in [0.15, 0.2) is 0 Å². The highest BCUT2D eigenvalue weighted by atomic mass is 19.4. The van der Waals surface area contributed by atoms with Crippen LogP contribution in [0.3, 0.4) is 0 Å². The van der Waals surface area contributed by atoms with Gasteiger partial charge in [0.2, 0.25) is 0 Å². The number of carbonyl (C=O) groups excluding carboxylic acids is 1. The largest absolute Gasteiger partial charge is 0.416 e. The van der Waals surface area contributed by atoms with E-state index in [1.165, 1.54) is 42.6 Å². The fraction of sp³-hybridized carbons (Fsp3) is 0.111. The van der Waals surface area contributed by atoms with E-state index in [0.29, 0.717) is 11.4 Å². The molecule has 0 aliphatic carbocycles. The minimum absolute atomic E-state index is 0.0400. The van der Waals surface area contributed by atoms with Gasteiger partial charge in [0, 0.05) is 30.4 Å². The van der Waals surface area contributed by atoms with E-state index in [0.717, 1.165) is 17.7 Å². The molecule has 3 N–H and O–H groups in total. The lowest BCUT2D eigenvalue weighted by atomic mass is 9.80. The number of nitrogens with one attached hydrogen (secondary N) is 2. The quantitative estimate of drug-likeness (QED) is 0.259. The Kier molecular flexibility index (Phi) is 7.19. The van der Waals surface area contributed by atoms with Crippen molar-refractivity contribution in [3.8, 4) is 0 Å². The number of amides is 2. The first kappa shape index (κ1) is 25.4. The zero-order chi connectivity index (χ0) is 26.5. The zero-order valence-corrected chi connectivity index (χ0v) is 19.3. The SMILES string of the molecule is O=C(Nc1ccc([N+](=O)O)cc1)NC(Cc1ccccc1)(c1cccc(C(F)(F)F)c1)c1ccccn1. The summed E-state index contributed by atoms with van der Waals surface area (Å²) in [5.41, 5.74) is -0.798. The summed E-state index contributed by atoms with van der Waals surface area (Å²) < 4.78 is 41.0. The maximum absolute atomic E-state index is 13.7. The number of halogens is 3. The molecule has 0 spiro atoms. The van der Waals surface area contributed by atoms with Gasteiger partial charge in [0.25, 0.3) is 4.92 Å². The fourth-order valence-electron chi connectivity index (χ4n) is 4.03. The molecule has 0 aliphatic heterocycles. The Morgan fingerprint density at radius 1 is 0.865 bits per heavy atom. The van der Waals surface area contributed by atoms with Crippen LogP contribution in [0.5, 0.6) is 0 Å². The first-order valence-corrected chi connectivity index (χ1v) is 11.2. The van der Waals surface area contributed by atoms with Crippen molar-refractivity contribution >= 4 is 17.4 Å². The summed E-state index contributed by atoms with van der Waals surface area (Å²) in [7, 11) is 0. The summed E-state index contributed by atoms with van der Waals surface area (Å²) in [4.78, 5) is 28.4. The van der Waals surface area contributed by atoms with Gasteiger partial charge in [-0.15, -0.1) is 0 Å². The van der Waals surface area contributed by atoms with Gasteiger partial charge in [0.1, 0.15) is 5.54 Å². The van der Waals surface area contributed by atoms with Crippen molar-refractivity contribution in [3.05, 3.63) is 131 Å². The molecular formula is C27H22F3N4O3+.